The molecule has 1 aliphatic heterocycles. The molecule has 2 nitrogen and oxygen atoms in total. The van der Waals surface area contributed by atoms with Crippen LogP contribution in [0.5, 0.6) is 0 Å². The van der Waals surface area contributed by atoms with Gasteiger partial charge < -0.3 is 9.84 Å². The molecule has 15 heavy (non-hydrogen) atoms. The van der Waals surface area contributed by atoms with Crippen LogP contribution in [0.3, 0.4) is 0 Å². The summed E-state index contributed by atoms with van der Waals surface area (Å²) in [6.45, 7) is 7.00. The predicted molar refractivity (Wildman–Crippen MR) is 62.3 cm³/mol. The molecule has 0 aromatic carbocycles. The molecule has 1 aromatic heterocycles. The van der Waals surface area contributed by atoms with E-state index in [9.17, 15) is 5.11 Å². The van der Waals surface area contributed by atoms with Crippen LogP contribution in [0.4, 0.5) is 0 Å². The maximum absolute atomic E-state index is 10.3. The number of thiophene rings is 1. The fourth-order valence-corrected chi connectivity index (χ4v) is 3.30. The number of ether oxygens (including phenoxy) is 1. The zero-order chi connectivity index (χ0) is 11.0. The van der Waals surface area contributed by atoms with Gasteiger partial charge in [-0.2, -0.15) is 0 Å². The number of hydrogen-bond donors (Lipinski definition) is 1. The van der Waals surface area contributed by atoms with Gasteiger partial charge in [0, 0.05) is 22.3 Å². The lowest BCUT2D eigenvalue weighted by atomic mass is 9.91. The first-order valence-corrected chi connectivity index (χ1v) is 6.28. The fourth-order valence-electron chi connectivity index (χ4n) is 2.34. The average Bonchev–Trinajstić information content (AvgIpc) is 2.71. The van der Waals surface area contributed by atoms with Crippen LogP contribution in [-0.4, -0.2) is 17.8 Å². The van der Waals surface area contributed by atoms with Gasteiger partial charge in [-0.25, -0.2) is 0 Å². The highest BCUT2D eigenvalue weighted by molar-refractivity contribution is 7.12. The number of aryl methyl sites for hydroxylation is 2. The van der Waals surface area contributed by atoms with Crippen molar-refractivity contribution in [1.82, 2.24) is 0 Å². The minimum absolute atomic E-state index is 0.180. The van der Waals surface area contributed by atoms with E-state index in [1.165, 1.54) is 9.75 Å². The van der Waals surface area contributed by atoms with Gasteiger partial charge in [-0.1, -0.05) is 0 Å². The predicted octanol–water partition coefficient (Wildman–Crippen LogP) is 2.82. The molecular formula is C12H18O2S. The maximum Gasteiger partial charge on any atom is 0.0854 e. The van der Waals surface area contributed by atoms with Gasteiger partial charge in [0.15, 0.2) is 0 Å². The summed E-state index contributed by atoms with van der Waals surface area (Å²) in [5.74, 6) is 0.262. The number of rotatable bonds is 2. The Morgan fingerprint density at radius 1 is 1.53 bits per heavy atom. The number of aliphatic hydroxyl groups is 1. The van der Waals surface area contributed by atoms with Gasteiger partial charge >= 0.3 is 0 Å². The standard InChI is InChI=1S/C12H18O2S/c1-7-6-11(9(3)15-7)12(13)10-4-5-14-8(10)2/h6,8,10,12-13H,4-5H2,1-3H3. The SMILES string of the molecule is Cc1cc(C(O)C2CCOC2C)c(C)s1. The smallest absolute Gasteiger partial charge is 0.0854 e. The minimum atomic E-state index is -0.354. The van der Waals surface area contributed by atoms with Gasteiger partial charge in [-0.3, -0.25) is 0 Å². The first-order valence-electron chi connectivity index (χ1n) is 5.46. The van der Waals surface area contributed by atoms with Gasteiger partial charge in [0.05, 0.1) is 12.2 Å². The molecule has 3 heteroatoms. The molecule has 1 saturated heterocycles. The Kier molecular flexibility index (Phi) is 3.14. The molecule has 0 radical (unpaired) electrons. The molecule has 3 unspecified atom stereocenters. The van der Waals surface area contributed by atoms with E-state index >= 15 is 0 Å². The Morgan fingerprint density at radius 3 is 2.73 bits per heavy atom. The second-order valence-corrected chi connectivity index (χ2v) is 5.80. The highest BCUT2D eigenvalue weighted by atomic mass is 32.1. The summed E-state index contributed by atoms with van der Waals surface area (Å²) in [6, 6.07) is 2.11. The summed E-state index contributed by atoms with van der Waals surface area (Å²) in [7, 11) is 0. The van der Waals surface area contributed by atoms with Crippen molar-refractivity contribution < 1.29 is 9.84 Å². The topological polar surface area (TPSA) is 29.5 Å². The van der Waals surface area contributed by atoms with Crippen LogP contribution < -0.4 is 0 Å². The third kappa shape index (κ3) is 2.10. The Balaban J connectivity index is 2.19. The first-order chi connectivity index (χ1) is 7.09. The third-order valence-electron chi connectivity index (χ3n) is 3.24. The van der Waals surface area contributed by atoms with Crippen LogP contribution in [0, 0.1) is 19.8 Å². The zero-order valence-electron chi connectivity index (χ0n) is 9.49. The Hall–Kier alpha value is -0.380. The fraction of sp³-hybridized carbons (Fsp3) is 0.667. The quantitative estimate of drug-likeness (QED) is 0.840. The summed E-state index contributed by atoms with van der Waals surface area (Å²) < 4.78 is 5.50. The van der Waals surface area contributed by atoms with Crippen LogP contribution in [0.25, 0.3) is 0 Å². The van der Waals surface area contributed by atoms with E-state index in [2.05, 4.69) is 26.8 Å². The van der Waals surface area contributed by atoms with Crippen LogP contribution in [0.2, 0.25) is 0 Å². The highest BCUT2D eigenvalue weighted by Gasteiger charge is 2.32. The van der Waals surface area contributed by atoms with Gasteiger partial charge in [-0.15, -0.1) is 11.3 Å². The van der Waals surface area contributed by atoms with Crippen molar-refractivity contribution in [3.8, 4) is 0 Å². The first kappa shape index (κ1) is 11.1. The van der Waals surface area contributed by atoms with Crippen molar-refractivity contribution in [2.75, 3.05) is 6.61 Å². The molecule has 1 aromatic rings. The van der Waals surface area contributed by atoms with Crippen LogP contribution >= 0.6 is 11.3 Å². The second-order valence-electron chi connectivity index (χ2n) is 4.34. The lowest BCUT2D eigenvalue weighted by molar-refractivity contribution is 0.0431. The summed E-state index contributed by atoms with van der Waals surface area (Å²) >= 11 is 1.76. The molecule has 0 bridgehead atoms. The van der Waals surface area contributed by atoms with E-state index < -0.39 is 0 Å². The molecule has 3 atom stereocenters. The van der Waals surface area contributed by atoms with Crippen molar-refractivity contribution in [3.63, 3.8) is 0 Å². The summed E-state index contributed by atoms with van der Waals surface area (Å²) in [5.41, 5.74) is 1.10. The molecule has 84 valence electrons. The largest absolute Gasteiger partial charge is 0.388 e. The molecular weight excluding hydrogens is 208 g/mol. The number of aliphatic hydroxyl groups excluding tert-OH is 1. The van der Waals surface area contributed by atoms with Gasteiger partial charge in [0.25, 0.3) is 0 Å². The van der Waals surface area contributed by atoms with Crippen molar-refractivity contribution >= 4 is 11.3 Å². The number of hydrogen-bond acceptors (Lipinski definition) is 3. The van der Waals surface area contributed by atoms with E-state index in [0.29, 0.717) is 0 Å². The van der Waals surface area contributed by atoms with E-state index in [1.807, 2.05) is 0 Å². The lowest BCUT2D eigenvalue weighted by Gasteiger charge is -2.20. The Bertz CT molecular complexity index is 345. The summed E-state index contributed by atoms with van der Waals surface area (Å²) in [6.07, 6.45) is 0.795. The third-order valence-corrected chi connectivity index (χ3v) is 4.22. The molecule has 2 heterocycles. The Morgan fingerprint density at radius 2 is 2.27 bits per heavy atom. The average molecular weight is 226 g/mol. The van der Waals surface area contributed by atoms with E-state index in [1.54, 1.807) is 11.3 Å². The molecule has 0 saturated carbocycles. The zero-order valence-corrected chi connectivity index (χ0v) is 10.3. The van der Waals surface area contributed by atoms with Crippen LogP contribution in [0.15, 0.2) is 6.07 Å². The molecule has 1 aliphatic rings. The molecule has 1 fully saturated rings. The lowest BCUT2D eigenvalue weighted by Crippen LogP contribution is -2.19. The van der Waals surface area contributed by atoms with Gasteiger partial charge in [0.1, 0.15) is 0 Å². The maximum atomic E-state index is 10.3. The molecule has 0 spiro atoms. The normalized spacial score (nSPS) is 28.3. The highest BCUT2D eigenvalue weighted by Crippen LogP contribution is 2.36. The molecule has 1 N–H and O–H groups in total. The van der Waals surface area contributed by atoms with Gasteiger partial charge in [-0.05, 0) is 38.8 Å². The molecule has 0 aliphatic carbocycles. The monoisotopic (exact) mass is 226 g/mol. The van der Waals surface area contributed by atoms with Crippen molar-refractivity contribution in [2.45, 2.75) is 39.4 Å². The Labute approximate surface area is 94.9 Å². The second kappa shape index (κ2) is 4.24. The summed E-state index contributed by atoms with van der Waals surface area (Å²) in [4.78, 5) is 2.51. The molecule has 2 rings (SSSR count). The van der Waals surface area contributed by atoms with E-state index in [4.69, 9.17) is 4.74 Å². The summed E-state index contributed by atoms with van der Waals surface area (Å²) in [5, 5.41) is 10.3. The van der Waals surface area contributed by atoms with Crippen LogP contribution in [0.1, 0.15) is 34.8 Å². The van der Waals surface area contributed by atoms with Gasteiger partial charge in [0.2, 0.25) is 0 Å². The van der Waals surface area contributed by atoms with E-state index in [-0.39, 0.29) is 18.1 Å². The van der Waals surface area contributed by atoms with E-state index in [0.717, 1.165) is 18.6 Å². The molecule has 0 amide bonds. The van der Waals surface area contributed by atoms with Crippen molar-refractivity contribution in [2.24, 2.45) is 5.92 Å². The van der Waals surface area contributed by atoms with Crippen LogP contribution in [-0.2, 0) is 4.74 Å². The minimum Gasteiger partial charge on any atom is -0.388 e. The van der Waals surface area contributed by atoms with Crippen molar-refractivity contribution in [1.29, 1.82) is 0 Å². The van der Waals surface area contributed by atoms with Crippen molar-refractivity contribution in [3.05, 3.63) is 21.4 Å².